The number of amides is 2. The van der Waals surface area contributed by atoms with Gasteiger partial charge in [0.25, 0.3) is 5.91 Å². The quantitative estimate of drug-likeness (QED) is 0.422. The zero-order valence-electron chi connectivity index (χ0n) is 18.8. The minimum Gasteiger partial charge on any atom is -0.356 e. The zero-order chi connectivity index (χ0) is 23.5. The average molecular weight is 456 g/mol. The highest BCUT2D eigenvalue weighted by Gasteiger charge is 2.27. The van der Waals surface area contributed by atoms with E-state index in [2.05, 4.69) is 35.5 Å². The molecule has 1 saturated heterocycles. The number of aromatic amines is 1. The summed E-state index contributed by atoms with van der Waals surface area (Å²) in [5, 5.41) is 6.84. The van der Waals surface area contributed by atoms with E-state index in [-0.39, 0.29) is 17.7 Å². The second-order valence-corrected chi connectivity index (χ2v) is 8.41. The standard InChI is InChI=1S/C25H25N7O2/c1-16-14-27-22-21(16)23(29-15-28-22)32-11-7-17(8-12-32)24(33)31-20-4-2-3-18(13-20)25(34)30-19-5-9-26-10-6-19/h2-6,9-10,13-15,17H,7-8,11-12H2,1H3,(H,31,33)(H,26,30,34)(H,27,28,29). The monoisotopic (exact) mass is 455 g/mol. The van der Waals surface area contributed by atoms with Gasteiger partial charge in [0.15, 0.2) is 0 Å². The minimum absolute atomic E-state index is 0.0306. The summed E-state index contributed by atoms with van der Waals surface area (Å²) in [7, 11) is 0. The van der Waals surface area contributed by atoms with Crippen molar-refractivity contribution in [2.75, 3.05) is 28.6 Å². The van der Waals surface area contributed by atoms with Gasteiger partial charge in [0.05, 0.1) is 5.39 Å². The van der Waals surface area contributed by atoms with Crippen molar-refractivity contribution in [1.82, 2.24) is 19.9 Å². The van der Waals surface area contributed by atoms with Gasteiger partial charge < -0.3 is 20.5 Å². The average Bonchev–Trinajstić information content (AvgIpc) is 3.26. The van der Waals surface area contributed by atoms with Gasteiger partial charge in [0.1, 0.15) is 17.8 Å². The number of hydrogen-bond acceptors (Lipinski definition) is 6. The lowest BCUT2D eigenvalue weighted by Crippen LogP contribution is -2.38. The van der Waals surface area contributed by atoms with Crippen LogP contribution in [0.15, 0.2) is 61.3 Å². The van der Waals surface area contributed by atoms with Gasteiger partial charge in [-0.2, -0.15) is 0 Å². The number of hydrogen-bond donors (Lipinski definition) is 3. The molecule has 3 aromatic heterocycles. The number of nitrogens with zero attached hydrogens (tertiary/aromatic N) is 4. The molecule has 1 aliphatic heterocycles. The molecule has 0 unspecified atom stereocenters. The molecule has 34 heavy (non-hydrogen) atoms. The number of nitrogens with one attached hydrogen (secondary N) is 3. The second-order valence-electron chi connectivity index (χ2n) is 8.41. The first kappa shape index (κ1) is 21.6. The predicted molar refractivity (Wildman–Crippen MR) is 131 cm³/mol. The van der Waals surface area contributed by atoms with Gasteiger partial charge in [-0.15, -0.1) is 0 Å². The molecule has 3 N–H and O–H groups in total. The molecule has 4 aromatic rings. The molecule has 9 nitrogen and oxygen atoms in total. The van der Waals surface area contributed by atoms with Crippen molar-refractivity contribution >= 4 is 40.0 Å². The molecular formula is C25H25N7O2. The maximum atomic E-state index is 12.9. The molecule has 0 radical (unpaired) electrons. The van der Waals surface area contributed by atoms with Crippen LogP contribution >= 0.6 is 0 Å². The molecule has 0 aliphatic carbocycles. The van der Waals surface area contributed by atoms with E-state index in [0.717, 1.165) is 48.3 Å². The van der Waals surface area contributed by atoms with E-state index in [9.17, 15) is 9.59 Å². The lowest BCUT2D eigenvalue weighted by Gasteiger charge is -2.32. The third-order valence-electron chi connectivity index (χ3n) is 6.14. The van der Waals surface area contributed by atoms with Crippen LogP contribution in [0.5, 0.6) is 0 Å². The largest absolute Gasteiger partial charge is 0.356 e. The first-order valence-corrected chi connectivity index (χ1v) is 11.2. The van der Waals surface area contributed by atoms with Gasteiger partial charge in [0.2, 0.25) is 5.91 Å². The molecule has 4 heterocycles. The molecule has 1 fully saturated rings. The van der Waals surface area contributed by atoms with E-state index in [1.807, 2.05) is 13.1 Å². The summed E-state index contributed by atoms with van der Waals surface area (Å²) in [5.41, 5.74) is 3.68. The van der Waals surface area contributed by atoms with Crippen LogP contribution in [0.1, 0.15) is 28.8 Å². The number of fused-ring (bicyclic) bond motifs is 1. The van der Waals surface area contributed by atoms with Gasteiger partial charge >= 0.3 is 0 Å². The number of aryl methyl sites for hydroxylation is 1. The van der Waals surface area contributed by atoms with Crippen LogP contribution < -0.4 is 15.5 Å². The Bertz CT molecular complexity index is 1330. The summed E-state index contributed by atoms with van der Waals surface area (Å²) in [4.78, 5) is 43.7. The number of carbonyl (C=O) groups is 2. The Morgan fingerprint density at radius 2 is 1.82 bits per heavy atom. The molecule has 172 valence electrons. The maximum Gasteiger partial charge on any atom is 0.255 e. The van der Waals surface area contributed by atoms with Gasteiger partial charge in [-0.1, -0.05) is 6.07 Å². The van der Waals surface area contributed by atoms with E-state index in [0.29, 0.717) is 16.9 Å². The second kappa shape index (κ2) is 9.30. The van der Waals surface area contributed by atoms with Crippen LogP contribution in [0.2, 0.25) is 0 Å². The van der Waals surface area contributed by atoms with Crippen molar-refractivity contribution in [3.63, 3.8) is 0 Å². The number of piperidine rings is 1. The Labute approximate surface area is 196 Å². The number of benzene rings is 1. The van der Waals surface area contributed by atoms with Crippen molar-refractivity contribution < 1.29 is 9.59 Å². The smallest absolute Gasteiger partial charge is 0.255 e. The fraction of sp³-hybridized carbons (Fsp3) is 0.240. The van der Waals surface area contributed by atoms with Gasteiger partial charge in [-0.05, 0) is 55.7 Å². The third-order valence-corrected chi connectivity index (χ3v) is 6.14. The van der Waals surface area contributed by atoms with Crippen LogP contribution in [0.25, 0.3) is 11.0 Å². The van der Waals surface area contributed by atoms with Crippen LogP contribution in [0.4, 0.5) is 17.2 Å². The molecule has 5 rings (SSSR count). The highest BCUT2D eigenvalue weighted by Crippen LogP contribution is 2.29. The van der Waals surface area contributed by atoms with Crippen molar-refractivity contribution in [2.45, 2.75) is 19.8 Å². The summed E-state index contributed by atoms with van der Waals surface area (Å²) in [6.07, 6.45) is 8.19. The molecule has 2 amide bonds. The Hall–Kier alpha value is -4.27. The van der Waals surface area contributed by atoms with Crippen molar-refractivity contribution in [1.29, 1.82) is 0 Å². The summed E-state index contributed by atoms with van der Waals surface area (Å²) < 4.78 is 0. The topological polar surface area (TPSA) is 116 Å². The maximum absolute atomic E-state index is 12.9. The van der Waals surface area contributed by atoms with E-state index in [4.69, 9.17) is 0 Å². The Balaban J connectivity index is 1.21. The summed E-state index contributed by atoms with van der Waals surface area (Å²) in [6.45, 7) is 3.52. The van der Waals surface area contributed by atoms with Crippen molar-refractivity contribution in [3.05, 3.63) is 72.4 Å². The van der Waals surface area contributed by atoms with E-state index in [1.165, 1.54) is 0 Å². The highest BCUT2D eigenvalue weighted by atomic mass is 16.2. The molecule has 1 aliphatic rings. The fourth-order valence-electron chi connectivity index (χ4n) is 4.31. The molecule has 0 spiro atoms. The normalized spacial score (nSPS) is 14.2. The summed E-state index contributed by atoms with van der Waals surface area (Å²) >= 11 is 0. The van der Waals surface area contributed by atoms with Crippen LogP contribution in [-0.2, 0) is 4.79 Å². The van der Waals surface area contributed by atoms with Gasteiger partial charge in [0, 0.05) is 54.5 Å². The van der Waals surface area contributed by atoms with E-state index in [1.54, 1.807) is 55.1 Å². The molecule has 9 heteroatoms. The predicted octanol–water partition coefficient (Wildman–Crippen LogP) is 3.77. The summed E-state index contributed by atoms with van der Waals surface area (Å²) in [5.74, 6) is 0.537. The number of anilines is 3. The Morgan fingerprint density at radius 3 is 2.62 bits per heavy atom. The molecular weight excluding hydrogens is 430 g/mol. The number of H-pyrrole nitrogens is 1. The van der Waals surface area contributed by atoms with Gasteiger partial charge in [-0.25, -0.2) is 9.97 Å². The molecule has 0 saturated carbocycles. The molecule has 0 bridgehead atoms. The first-order valence-electron chi connectivity index (χ1n) is 11.2. The first-order chi connectivity index (χ1) is 16.6. The Kier molecular flexibility index (Phi) is 5.90. The number of aromatic nitrogens is 4. The minimum atomic E-state index is -0.244. The summed E-state index contributed by atoms with van der Waals surface area (Å²) in [6, 6.07) is 10.4. The molecule has 1 aromatic carbocycles. The van der Waals surface area contributed by atoms with Crippen LogP contribution in [0.3, 0.4) is 0 Å². The number of rotatable bonds is 5. The Morgan fingerprint density at radius 1 is 1.03 bits per heavy atom. The van der Waals surface area contributed by atoms with Crippen LogP contribution in [0, 0.1) is 12.8 Å². The third kappa shape index (κ3) is 4.45. The number of carbonyl (C=O) groups excluding carboxylic acids is 2. The fourth-order valence-corrected chi connectivity index (χ4v) is 4.31. The zero-order valence-corrected chi connectivity index (χ0v) is 18.8. The van der Waals surface area contributed by atoms with Crippen molar-refractivity contribution in [3.8, 4) is 0 Å². The van der Waals surface area contributed by atoms with Crippen LogP contribution in [-0.4, -0.2) is 44.8 Å². The lowest BCUT2D eigenvalue weighted by molar-refractivity contribution is -0.120. The lowest BCUT2D eigenvalue weighted by atomic mass is 9.95. The SMILES string of the molecule is Cc1c[nH]c2ncnc(N3CCC(C(=O)Nc4cccc(C(=O)Nc5ccncc5)c4)CC3)c12. The molecule has 0 atom stereocenters. The van der Waals surface area contributed by atoms with E-state index < -0.39 is 0 Å². The van der Waals surface area contributed by atoms with E-state index >= 15 is 0 Å². The number of pyridine rings is 1. The van der Waals surface area contributed by atoms with Gasteiger partial charge in [-0.3, -0.25) is 14.6 Å². The highest BCUT2D eigenvalue weighted by molar-refractivity contribution is 6.05. The van der Waals surface area contributed by atoms with Crippen molar-refractivity contribution in [2.24, 2.45) is 5.92 Å².